The Morgan fingerprint density at radius 1 is 1.36 bits per heavy atom. The minimum absolute atomic E-state index is 0.0230. The Kier molecular flexibility index (Phi) is 3.11. The lowest BCUT2D eigenvalue weighted by Crippen LogP contribution is -2.31. The number of aromatic nitrogens is 2. The van der Waals surface area contributed by atoms with Crippen molar-refractivity contribution in [3.8, 4) is 5.75 Å². The van der Waals surface area contributed by atoms with E-state index in [4.69, 9.17) is 4.74 Å². The molecule has 0 fully saturated rings. The number of hydrogen-bond donors (Lipinski definition) is 2. The number of H-pyrrole nitrogens is 1. The van der Waals surface area contributed by atoms with E-state index < -0.39 is 0 Å². The molecule has 0 aliphatic carbocycles. The molecule has 0 spiro atoms. The first-order valence-electron chi connectivity index (χ1n) is 7.53. The normalized spacial score (nSPS) is 16.3. The van der Waals surface area contributed by atoms with Crippen LogP contribution in [0.5, 0.6) is 5.75 Å². The first-order chi connectivity index (χ1) is 10.8. The molecule has 2 aliphatic heterocycles. The van der Waals surface area contributed by atoms with E-state index >= 15 is 0 Å². The maximum atomic E-state index is 12.9. The van der Waals surface area contributed by atoms with Crippen LogP contribution in [0, 0.1) is 0 Å². The number of benzene rings is 1. The van der Waals surface area contributed by atoms with Gasteiger partial charge in [0.25, 0.3) is 5.91 Å². The summed E-state index contributed by atoms with van der Waals surface area (Å²) in [7, 11) is 1.66. The summed E-state index contributed by atoms with van der Waals surface area (Å²) in [6, 6.07) is 5.85. The fourth-order valence-corrected chi connectivity index (χ4v) is 3.25. The van der Waals surface area contributed by atoms with Gasteiger partial charge >= 0.3 is 0 Å². The monoisotopic (exact) mass is 298 g/mol. The fourth-order valence-electron chi connectivity index (χ4n) is 3.25. The Bertz CT molecular complexity index is 738. The molecule has 0 saturated heterocycles. The number of fused-ring (bicyclic) bond motifs is 2. The molecule has 1 aromatic carbocycles. The number of hydrogen-bond acceptors (Lipinski definition) is 4. The molecule has 22 heavy (non-hydrogen) atoms. The second-order valence-corrected chi connectivity index (χ2v) is 5.66. The second-order valence-electron chi connectivity index (χ2n) is 5.66. The van der Waals surface area contributed by atoms with Crippen LogP contribution in [-0.2, 0) is 19.4 Å². The molecule has 0 saturated carbocycles. The van der Waals surface area contributed by atoms with E-state index in [1.54, 1.807) is 7.11 Å². The van der Waals surface area contributed by atoms with E-state index in [1.807, 2.05) is 23.1 Å². The minimum Gasteiger partial charge on any atom is -0.497 e. The molecule has 114 valence electrons. The van der Waals surface area contributed by atoms with Crippen molar-refractivity contribution in [1.82, 2.24) is 15.5 Å². The summed E-state index contributed by atoms with van der Waals surface area (Å²) >= 11 is 0. The van der Waals surface area contributed by atoms with E-state index in [-0.39, 0.29) is 5.91 Å². The predicted octanol–water partition coefficient (Wildman–Crippen LogP) is 1.27. The van der Waals surface area contributed by atoms with Crippen LogP contribution in [0.4, 0.5) is 5.69 Å². The molecule has 6 heteroatoms. The van der Waals surface area contributed by atoms with Gasteiger partial charge < -0.3 is 15.0 Å². The lowest BCUT2D eigenvalue weighted by molar-refractivity contribution is 0.0983. The van der Waals surface area contributed by atoms with E-state index in [0.717, 1.165) is 47.6 Å². The van der Waals surface area contributed by atoms with Gasteiger partial charge in [-0.05, 0) is 30.2 Å². The molecule has 3 heterocycles. The van der Waals surface area contributed by atoms with E-state index in [1.165, 1.54) is 0 Å². The van der Waals surface area contributed by atoms with Gasteiger partial charge in [-0.15, -0.1) is 0 Å². The van der Waals surface area contributed by atoms with Gasteiger partial charge in [0, 0.05) is 43.0 Å². The van der Waals surface area contributed by atoms with Crippen LogP contribution >= 0.6 is 0 Å². The molecule has 6 nitrogen and oxygen atoms in total. The Morgan fingerprint density at radius 3 is 3.14 bits per heavy atom. The topological polar surface area (TPSA) is 70.2 Å². The Morgan fingerprint density at radius 2 is 2.27 bits per heavy atom. The maximum absolute atomic E-state index is 12.9. The van der Waals surface area contributed by atoms with Gasteiger partial charge in [-0.25, -0.2) is 0 Å². The number of amides is 1. The van der Waals surface area contributed by atoms with Crippen molar-refractivity contribution in [2.24, 2.45) is 0 Å². The number of aromatic amines is 1. The summed E-state index contributed by atoms with van der Waals surface area (Å²) < 4.78 is 5.25. The van der Waals surface area contributed by atoms with Gasteiger partial charge in [0.05, 0.1) is 7.11 Å². The predicted molar refractivity (Wildman–Crippen MR) is 82.4 cm³/mol. The molecule has 0 atom stereocenters. The summed E-state index contributed by atoms with van der Waals surface area (Å²) in [4.78, 5) is 14.7. The standard InChI is InChI=1S/C16H18N4O2/c1-22-11-2-3-14-10(8-11)5-7-20(14)16(21)15-12-9-17-6-4-13(12)18-19-15/h2-3,8,17H,4-7,9H2,1H3,(H,18,19). The molecule has 4 rings (SSSR count). The quantitative estimate of drug-likeness (QED) is 0.876. The van der Waals surface area contributed by atoms with Gasteiger partial charge in [0.1, 0.15) is 5.75 Å². The SMILES string of the molecule is COc1ccc2c(c1)CCN2C(=O)c1n[nH]c2c1CNCC2. The highest BCUT2D eigenvalue weighted by atomic mass is 16.5. The van der Waals surface area contributed by atoms with Crippen LogP contribution < -0.4 is 15.0 Å². The molecule has 2 N–H and O–H groups in total. The molecule has 2 aromatic rings. The molecule has 1 amide bonds. The highest BCUT2D eigenvalue weighted by molar-refractivity contribution is 6.07. The third-order valence-electron chi connectivity index (χ3n) is 4.44. The van der Waals surface area contributed by atoms with Crippen LogP contribution in [0.3, 0.4) is 0 Å². The van der Waals surface area contributed by atoms with Crippen molar-refractivity contribution in [1.29, 1.82) is 0 Å². The highest BCUT2D eigenvalue weighted by Gasteiger charge is 2.30. The summed E-state index contributed by atoms with van der Waals surface area (Å²) in [6.07, 6.45) is 1.74. The molecule has 0 bridgehead atoms. The van der Waals surface area contributed by atoms with Crippen LogP contribution in [0.1, 0.15) is 27.3 Å². The number of nitrogens with zero attached hydrogens (tertiary/aromatic N) is 2. The Labute approximate surface area is 128 Å². The molecule has 0 radical (unpaired) electrons. The summed E-state index contributed by atoms with van der Waals surface area (Å²) in [5, 5.41) is 10.6. The van der Waals surface area contributed by atoms with Crippen molar-refractivity contribution < 1.29 is 9.53 Å². The van der Waals surface area contributed by atoms with Gasteiger partial charge in [-0.1, -0.05) is 0 Å². The number of nitrogens with one attached hydrogen (secondary N) is 2. The lowest BCUT2D eigenvalue weighted by atomic mass is 10.1. The smallest absolute Gasteiger partial charge is 0.279 e. The molecular formula is C16H18N4O2. The maximum Gasteiger partial charge on any atom is 0.279 e. The van der Waals surface area contributed by atoms with Crippen LogP contribution in [-0.4, -0.2) is 36.3 Å². The first-order valence-corrected chi connectivity index (χ1v) is 7.53. The second kappa shape index (κ2) is 5.14. The molecule has 0 unspecified atom stereocenters. The van der Waals surface area contributed by atoms with Gasteiger partial charge in [0.15, 0.2) is 5.69 Å². The zero-order valence-electron chi connectivity index (χ0n) is 12.5. The van der Waals surface area contributed by atoms with E-state index in [0.29, 0.717) is 18.8 Å². The average Bonchev–Trinajstić information content (AvgIpc) is 3.17. The fraction of sp³-hybridized carbons (Fsp3) is 0.375. The zero-order chi connectivity index (χ0) is 15.1. The van der Waals surface area contributed by atoms with Crippen molar-refractivity contribution in [3.63, 3.8) is 0 Å². The summed E-state index contributed by atoms with van der Waals surface area (Å²) in [5.41, 5.74) is 4.75. The number of ether oxygens (including phenoxy) is 1. The number of methoxy groups -OCH3 is 1. The summed E-state index contributed by atoms with van der Waals surface area (Å²) in [5.74, 6) is 0.805. The van der Waals surface area contributed by atoms with Crippen molar-refractivity contribution >= 4 is 11.6 Å². The zero-order valence-corrected chi connectivity index (χ0v) is 12.5. The minimum atomic E-state index is -0.0230. The van der Waals surface area contributed by atoms with E-state index in [9.17, 15) is 4.79 Å². The first kappa shape index (κ1) is 13.3. The largest absolute Gasteiger partial charge is 0.497 e. The average molecular weight is 298 g/mol. The van der Waals surface area contributed by atoms with Crippen LogP contribution in [0.25, 0.3) is 0 Å². The Hall–Kier alpha value is -2.34. The number of carbonyl (C=O) groups excluding carboxylic acids is 1. The van der Waals surface area contributed by atoms with Crippen LogP contribution in [0.2, 0.25) is 0 Å². The van der Waals surface area contributed by atoms with Gasteiger partial charge in [-0.3, -0.25) is 9.89 Å². The summed E-state index contributed by atoms with van der Waals surface area (Å²) in [6.45, 7) is 2.32. The third kappa shape index (κ3) is 1.99. The number of rotatable bonds is 2. The third-order valence-corrected chi connectivity index (χ3v) is 4.44. The number of anilines is 1. The van der Waals surface area contributed by atoms with Gasteiger partial charge in [0.2, 0.25) is 0 Å². The molecular weight excluding hydrogens is 280 g/mol. The molecule has 2 aliphatic rings. The van der Waals surface area contributed by atoms with Gasteiger partial charge in [-0.2, -0.15) is 5.10 Å². The Balaban J connectivity index is 1.67. The van der Waals surface area contributed by atoms with Crippen molar-refractivity contribution in [2.75, 3.05) is 25.1 Å². The number of carbonyl (C=O) groups is 1. The molecule has 1 aromatic heterocycles. The van der Waals surface area contributed by atoms with Crippen molar-refractivity contribution in [3.05, 3.63) is 40.7 Å². The van der Waals surface area contributed by atoms with E-state index in [2.05, 4.69) is 15.5 Å². The van der Waals surface area contributed by atoms with Crippen molar-refractivity contribution in [2.45, 2.75) is 19.4 Å². The highest BCUT2D eigenvalue weighted by Crippen LogP contribution is 2.32. The van der Waals surface area contributed by atoms with Crippen LogP contribution in [0.15, 0.2) is 18.2 Å². The lowest BCUT2D eigenvalue weighted by Gasteiger charge is -2.18.